The van der Waals surface area contributed by atoms with Crippen molar-refractivity contribution in [2.24, 2.45) is 0 Å². The average molecular weight is 488 g/mol. The van der Waals surface area contributed by atoms with E-state index in [-0.39, 0.29) is 11.4 Å². The lowest BCUT2D eigenvalue weighted by atomic mass is 10.1. The van der Waals surface area contributed by atoms with Gasteiger partial charge in [0.1, 0.15) is 5.82 Å². The van der Waals surface area contributed by atoms with E-state index in [4.69, 9.17) is 9.47 Å². The van der Waals surface area contributed by atoms with Crippen molar-refractivity contribution in [3.05, 3.63) is 70.7 Å². The first-order valence-corrected chi connectivity index (χ1v) is 10.8. The van der Waals surface area contributed by atoms with Crippen LogP contribution in [0, 0.1) is 6.92 Å². The average Bonchev–Trinajstić information content (AvgIpc) is 3.44. The van der Waals surface area contributed by atoms with Gasteiger partial charge in [0.25, 0.3) is 5.91 Å². The normalized spacial score (nSPS) is 11.4. The second-order valence-electron chi connectivity index (χ2n) is 7.20. The van der Waals surface area contributed by atoms with Gasteiger partial charge in [0, 0.05) is 22.6 Å². The van der Waals surface area contributed by atoms with Gasteiger partial charge in [0.2, 0.25) is 5.13 Å². The van der Waals surface area contributed by atoms with Crippen LogP contribution in [0.4, 0.5) is 19.0 Å². The summed E-state index contributed by atoms with van der Waals surface area (Å²) < 4.78 is 51.1. The van der Waals surface area contributed by atoms with Crippen LogP contribution in [0.25, 0.3) is 16.4 Å². The van der Waals surface area contributed by atoms with Crippen LogP contribution in [-0.2, 0) is 6.18 Å². The van der Waals surface area contributed by atoms with E-state index < -0.39 is 17.6 Å². The van der Waals surface area contributed by atoms with Crippen molar-refractivity contribution >= 4 is 23.1 Å². The molecule has 11 heteroatoms. The second kappa shape index (κ2) is 9.18. The van der Waals surface area contributed by atoms with Gasteiger partial charge in [0.05, 0.1) is 31.2 Å². The molecule has 0 spiro atoms. The van der Waals surface area contributed by atoms with Crippen molar-refractivity contribution in [3.63, 3.8) is 0 Å². The summed E-state index contributed by atoms with van der Waals surface area (Å²) in [7, 11) is 3.09. The number of carbonyl (C=O) groups excluding carboxylic acids is 1. The molecule has 2 aromatic heterocycles. The number of rotatable bonds is 6. The molecule has 176 valence electrons. The number of halogens is 3. The smallest absolute Gasteiger partial charge is 0.416 e. The number of alkyl halides is 3. The number of aryl methyl sites for hydroxylation is 1. The topological polar surface area (TPSA) is 78.3 Å². The van der Waals surface area contributed by atoms with E-state index in [0.29, 0.717) is 28.0 Å². The number of carbonyl (C=O) groups is 1. The molecular formula is C23H19F3N4O3S. The first kappa shape index (κ1) is 23.3. The highest BCUT2D eigenvalue weighted by Gasteiger charge is 2.31. The number of aromatic nitrogens is 3. The Morgan fingerprint density at radius 2 is 1.82 bits per heavy atom. The van der Waals surface area contributed by atoms with Crippen molar-refractivity contribution in [1.82, 2.24) is 14.8 Å². The Hall–Kier alpha value is -3.86. The van der Waals surface area contributed by atoms with E-state index in [1.165, 1.54) is 28.2 Å². The van der Waals surface area contributed by atoms with E-state index in [2.05, 4.69) is 15.4 Å². The lowest BCUT2D eigenvalue weighted by Gasteiger charge is -2.10. The fourth-order valence-electron chi connectivity index (χ4n) is 3.25. The zero-order valence-corrected chi connectivity index (χ0v) is 19.1. The number of nitrogens with zero attached hydrogens (tertiary/aromatic N) is 3. The second-order valence-corrected chi connectivity index (χ2v) is 8.04. The maximum Gasteiger partial charge on any atom is 0.416 e. The van der Waals surface area contributed by atoms with E-state index in [1.807, 2.05) is 11.4 Å². The Morgan fingerprint density at radius 3 is 2.53 bits per heavy atom. The molecule has 34 heavy (non-hydrogen) atoms. The monoisotopic (exact) mass is 488 g/mol. The molecule has 0 aliphatic rings. The SMILES string of the molecule is COc1ccc(-c2csc(-n3nc(C)cc3NC(=O)c3cccc(C(F)(F)F)c3)n2)cc1OC. The number of ether oxygens (including phenoxy) is 2. The summed E-state index contributed by atoms with van der Waals surface area (Å²) in [4.78, 5) is 17.3. The first-order chi connectivity index (χ1) is 16.2. The maximum absolute atomic E-state index is 13.0. The first-order valence-electron chi connectivity index (χ1n) is 9.93. The minimum absolute atomic E-state index is 0.120. The van der Waals surface area contributed by atoms with E-state index in [9.17, 15) is 18.0 Å². The Kier molecular flexibility index (Phi) is 6.29. The molecule has 0 aliphatic carbocycles. The standard InChI is InChI=1S/C23H19F3N4O3S/c1-13-9-20(28-21(31)15-5-4-6-16(10-15)23(24,25)26)30(29-13)22-27-17(12-34-22)14-7-8-18(32-2)19(11-14)33-3/h4-12H,1-3H3,(H,28,31). The molecule has 0 atom stereocenters. The van der Waals surface area contributed by atoms with Crippen LogP contribution < -0.4 is 14.8 Å². The number of anilines is 1. The zero-order valence-electron chi connectivity index (χ0n) is 18.3. The quantitative estimate of drug-likeness (QED) is 0.383. The highest BCUT2D eigenvalue weighted by molar-refractivity contribution is 7.12. The molecule has 0 saturated heterocycles. The number of hydrogen-bond donors (Lipinski definition) is 1. The van der Waals surface area contributed by atoms with Gasteiger partial charge in [-0.2, -0.15) is 23.0 Å². The number of nitrogens with one attached hydrogen (secondary N) is 1. The number of benzene rings is 2. The lowest BCUT2D eigenvalue weighted by Crippen LogP contribution is -2.16. The number of thiazole rings is 1. The van der Waals surface area contributed by atoms with Gasteiger partial charge in [-0.15, -0.1) is 11.3 Å². The predicted molar refractivity (Wildman–Crippen MR) is 122 cm³/mol. The molecule has 2 aromatic carbocycles. The summed E-state index contributed by atoms with van der Waals surface area (Å²) in [6.07, 6.45) is -4.55. The minimum Gasteiger partial charge on any atom is -0.493 e. The van der Waals surface area contributed by atoms with Gasteiger partial charge >= 0.3 is 6.18 Å². The summed E-state index contributed by atoms with van der Waals surface area (Å²) in [5.41, 5.74) is 1.03. The van der Waals surface area contributed by atoms with Crippen LogP contribution in [0.3, 0.4) is 0 Å². The maximum atomic E-state index is 13.0. The summed E-state index contributed by atoms with van der Waals surface area (Å²) in [5, 5.41) is 9.30. The lowest BCUT2D eigenvalue weighted by molar-refractivity contribution is -0.137. The zero-order chi connectivity index (χ0) is 24.5. The summed E-state index contributed by atoms with van der Waals surface area (Å²) in [6.45, 7) is 1.74. The highest BCUT2D eigenvalue weighted by Crippen LogP contribution is 2.34. The van der Waals surface area contributed by atoms with Crippen LogP contribution in [0.15, 0.2) is 53.9 Å². The predicted octanol–water partition coefficient (Wildman–Crippen LogP) is 5.59. The van der Waals surface area contributed by atoms with Crippen LogP contribution in [0.5, 0.6) is 11.5 Å². The van der Waals surface area contributed by atoms with Crippen LogP contribution in [0.1, 0.15) is 21.6 Å². The Balaban J connectivity index is 1.62. The third-order valence-corrected chi connectivity index (χ3v) is 5.69. The third kappa shape index (κ3) is 4.74. The molecular weight excluding hydrogens is 469 g/mol. The summed E-state index contributed by atoms with van der Waals surface area (Å²) >= 11 is 1.29. The molecule has 1 N–H and O–H groups in total. The summed E-state index contributed by atoms with van der Waals surface area (Å²) in [6, 6.07) is 11.2. The van der Waals surface area contributed by atoms with Gasteiger partial charge < -0.3 is 14.8 Å². The molecule has 4 aromatic rings. The highest BCUT2D eigenvalue weighted by atomic mass is 32.1. The fraction of sp³-hybridized carbons (Fsp3) is 0.174. The Bertz CT molecular complexity index is 1350. The van der Waals surface area contributed by atoms with Crippen LogP contribution in [0.2, 0.25) is 0 Å². The van der Waals surface area contributed by atoms with Crippen molar-refractivity contribution in [3.8, 4) is 27.9 Å². The summed E-state index contributed by atoms with van der Waals surface area (Å²) in [5.74, 6) is 0.736. The van der Waals surface area contributed by atoms with Crippen molar-refractivity contribution in [2.75, 3.05) is 19.5 Å². The van der Waals surface area contributed by atoms with E-state index >= 15 is 0 Å². The molecule has 2 heterocycles. The Labute approximate surface area is 196 Å². The van der Waals surface area contributed by atoms with Gasteiger partial charge in [-0.05, 0) is 43.3 Å². The molecule has 0 saturated carbocycles. The molecule has 4 rings (SSSR count). The molecule has 7 nitrogen and oxygen atoms in total. The van der Waals surface area contributed by atoms with E-state index in [0.717, 1.165) is 17.7 Å². The van der Waals surface area contributed by atoms with Crippen LogP contribution in [-0.4, -0.2) is 34.9 Å². The molecule has 0 fully saturated rings. The number of hydrogen-bond acceptors (Lipinski definition) is 6. The van der Waals surface area contributed by atoms with E-state index in [1.54, 1.807) is 39.3 Å². The molecule has 0 aliphatic heterocycles. The number of amides is 1. The van der Waals surface area contributed by atoms with Crippen LogP contribution >= 0.6 is 11.3 Å². The minimum atomic E-state index is -4.55. The third-order valence-electron chi connectivity index (χ3n) is 4.88. The molecule has 1 amide bonds. The van der Waals surface area contributed by atoms with Gasteiger partial charge in [-0.3, -0.25) is 4.79 Å². The fourth-order valence-corrected chi connectivity index (χ4v) is 4.05. The molecule has 0 bridgehead atoms. The van der Waals surface area contributed by atoms with Crippen molar-refractivity contribution in [1.29, 1.82) is 0 Å². The van der Waals surface area contributed by atoms with Crippen molar-refractivity contribution < 1.29 is 27.4 Å². The van der Waals surface area contributed by atoms with Gasteiger partial charge in [0.15, 0.2) is 11.5 Å². The Morgan fingerprint density at radius 1 is 1.06 bits per heavy atom. The van der Waals surface area contributed by atoms with Gasteiger partial charge in [-0.25, -0.2) is 4.98 Å². The molecule has 0 unspecified atom stereocenters. The van der Waals surface area contributed by atoms with Gasteiger partial charge in [-0.1, -0.05) is 6.07 Å². The molecule has 0 radical (unpaired) electrons. The largest absolute Gasteiger partial charge is 0.493 e. The number of methoxy groups -OCH3 is 2. The van der Waals surface area contributed by atoms with Crippen molar-refractivity contribution in [2.45, 2.75) is 13.1 Å².